The molecular weight excluding hydrogens is 470 g/mol. The van der Waals surface area contributed by atoms with Crippen LogP contribution in [0, 0.1) is 0 Å². The summed E-state index contributed by atoms with van der Waals surface area (Å²) in [5.41, 5.74) is 4.25. The Morgan fingerprint density at radius 1 is 1.00 bits per heavy atom. The van der Waals surface area contributed by atoms with Crippen molar-refractivity contribution in [1.82, 2.24) is 4.90 Å². The smallest absolute Gasteiger partial charge is 0.320 e. The Kier molecular flexibility index (Phi) is 6.82. The number of nitrogens with zero attached hydrogens (tertiary/aromatic N) is 1. The molecule has 32 heavy (non-hydrogen) atoms. The number of hydrogen-bond acceptors (Lipinski definition) is 4. The van der Waals surface area contributed by atoms with Gasteiger partial charge in [-0.3, -0.25) is 9.69 Å². The zero-order valence-corrected chi connectivity index (χ0v) is 19.7. The number of likely N-dealkylation sites (tertiary alicyclic amines) is 1. The number of benzene rings is 3. The van der Waals surface area contributed by atoms with E-state index in [-0.39, 0.29) is 6.04 Å². The molecule has 1 aliphatic heterocycles. The largest absolute Gasteiger partial charge is 0.493 e. The van der Waals surface area contributed by atoms with Crippen LogP contribution >= 0.6 is 15.9 Å². The number of rotatable bonds is 7. The molecule has 0 aromatic heterocycles. The fourth-order valence-electron chi connectivity index (χ4n) is 4.48. The summed E-state index contributed by atoms with van der Waals surface area (Å²) < 4.78 is 11.8. The summed E-state index contributed by atoms with van der Waals surface area (Å²) in [7, 11) is 3.21. The molecule has 1 N–H and O–H groups in total. The number of halogens is 1. The van der Waals surface area contributed by atoms with Crippen molar-refractivity contribution < 1.29 is 19.4 Å². The minimum atomic E-state index is -0.787. The van der Waals surface area contributed by atoms with Gasteiger partial charge in [0.2, 0.25) is 0 Å². The molecule has 2 unspecified atom stereocenters. The third kappa shape index (κ3) is 4.38. The Hall–Kier alpha value is -2.83. The first-order valence-corrected chi connectivity index (χ1v) is 11.4. The molecule has 4 rings (SSSR count). The highest BCUT2D eigenvalue weighted by atomic mass is 79.9. The van der Waals surface area contributed by atoms with Crippen LogP contribution in [0.4, 0.5) is 0 Å². The third-order valence-electron chi connectivity index (χ3n) is 6.04. The molecule has 1 fully saturated rings. The van der Waals surface area contributed by atoms with E-state index in [4.69, 9.17) is 9.47 Å². The maximum Gasteiger partial charge on any atom is 0.320 e. The second kappa shape index (κ2) is 9.76. The Morgan fingerprint density at radius 2 is 1.62 bits per heavy atom. The van der Waals surface area contributed by atoms with Crippen LogP contribution in [0.15, 0.2) is 71.2 Å². The van der Waals surface area contributed by atoms with Crippen molar-refractivity contribution in [3.8, 4) is 22.6 Å². The fraction of sp³-hybridized carbons (Fsp3) is 0.269. The van der Waals surface area contributed by atoms with Crippen molar-refractivity contribution in [1.29, 1.82) is 0 Å². The molecule has 0 radical (unpaired) electrons. The Morgan fingerprint density at radius 3 is 2.25 bits per heavy atom. The highest BCUT2D eigenvalue weighted by Crippen LogP contribution is 2.43. The third-order valence-corrected chi connectivity index (χ3v) is 6.73. The summed E-state index contributed by atoms with van der Waals surface area (Å²) in [6.45, 7) is 0.711. The first kappa shape index (κ1) is 22.4. The van der Waals surface area contributed by atoms with Gasteiger partial charge in [-0.15, -0.1) is 0 Å². The van der Waals surface area contributed by atoms with Gasteiger partial charge in [0.25, 0.3) is 0 Å². The van der Waals surface area contributed by atoms with Gasteiger partial charge >= 0.3 is 5.97 Å². The standard InChI is InChI=1S/C26H26BrNO4/c1-31-23-15-20(21(27)16-24(23)32-2)25(28-14-6-9-22(28)26(29)30)19-12-10-18(11-13-19)17-7-4-3-5-8-17/h3-5,7-8,10-13,15-16,22,25H,6,9,14H2,1-2H3,(H,29,30). The van der Waals surface area contributed by atoms with Gasteiger partial charge in [0.1, 0.15) is 6.04 Å². The van der Waals surface area contributed by atoms with Crippen molar-refractivity contribution in [3.63, 3.8) is 0 Å². The van der Waals surface area contributed by atoms with E-state index < -0.39 is 12.0 Å². The number of ether oxygens (including phenoxy) is 2. The van der Waals surface area contributed by atoms with E-state index in [2.05, 4.69) is 57.2 Å². The van der Waals surface area contributed by atoms with E-state index >= 15 is 0 Å². The first-order valence-electron chi connectivity index (χ1n) is 10.6. The number of hydrogen-bond donors (Lipinski definition) is 1. The molecule has 0 spiro atoms. The summed E-state index contributed by atoms with van der Waals surface area (Å²) in [5.74, 6) is 0.449. The van der Waals surface area contributed by atoms with Crippen molar-refractivity contribution in [2.75, 3.05) is 20.8 Å². The van der Waals surface area contributed by atoms with Crippen LogP contribution in [0.5, 0.6) is 11.5 Å². The van der Waals surface area contributed by atoms with Gasteiger partial charge in [0.05, 0.1) is 20.3 Å². The van der Waals surface area contributed by atoms with Crippen molar-refractivity contribution in [2.45, 2.75) is 24.9 Å². The lowest BCUT2D eigenvalue weighted by Gasteiger charge is -2.33. The molecule has 166 valence electrons. The summed E-state index contributed by atoms with van der Waals surface area (Å²) in [5, 5.41) is 9.87. The molecular formula is C26H26BrNO4. The van der Waals surface area contributed by atoms with Gasteiger partial charge in [-0.1, -0.05) is 70.5 Å². The molecule has 6 heteroatoms. The lowest BCUT2D eigenvalue weighted by Crippen LogP contribution is -2.39. The van der Waals surface area contributed by atoms with E-state index in [0.29, 0.717) is 24.5 Å². The van der Waals surface area contributed by atoms with Crippen LogP contribution in [0.1, 0.15) is 30.0 Å². The second-order valence-corrected chi connectivity index (χ2v) is 8.71. The van der Waals surface area contributed by atoms with Gasteiger partial charge in [-0.2, -0.15) is 0 Å². The zero-order chi connectivity index (χ0) is 22.7. The molecule has 5 nitrogen and oxygen atoms in total. The van der Waals surface area contributed by atoms with Crippen LogP contribution < -0.4 is 9.47 Å². The van der Waals surface area contributed by atoms with E-state index in [1.165, 1.54) is 0 Å². The van der Waals surface area contributed by atoms with Gasteiger partial charge in [-0.05, 0) is 47.2 Å². The van der Waals surface area contributed by atoms with Crippen LogP contribution in [-0.2, 0) is 4.79 Å². The lowest BCUT2D eigenvalue weighted by molar-refractivity contribution is -0.142. The average Bonchev–Trinajstić information content (AvgIpc) is 3.31. The Balaban J connectivity index is 1.81. The van der Waals surface area contributed by atoms with Crippen molar-refractivity contribution >= 4 is 21.9 Å². The Labute approximate surface area is 196 Å². The molecule has 1 aliphatic rings. The topological polar surface area (TPSA) is 59.0 Å². The normalized spacial score (nSPS) is 17.2. The van der Waals surface area contributed by atoms with Gasteiger partial charge in [0.15, 0.2) is 11.5 Å². The molecule has 0 bridgehead atoms. The highest BCUT2D eigenvalue weighted by Gasteiger charge is 2.38. The predicted octanol–water partition coefficient (Wildman–Crippen LogP) is 5.77. The number of carbonyl (C=O) groups is 1. The summed E-state index contributed by atoms with van der Waals surface area (Å²) >= 11 is 3.69. The quantitative estimate of drug-likeness (QED) is 0.450. The minimum absolute atomic E-state index is 0.238. The summed E-state index contributed by atoms with van der Waals surface area (Å²) in [6, 6.07) is 21.6. The number of carboxylic acids is 1. The fourth-order valence-corrected chi connectivity index (χ4v) is 5.02. The van der Waals surface area contributed by atoms with Crippen LogP contribution in [0.3, 0.4) is 0 Å². The minimum Gasteiger partial charge on any atom is -0.493 e. The van der Waals surface area contributed by atoms with Crippen LogP contribution in [-0.4, -0.2) is 42.8 Å². The molecule has 0 amide bonds. The van der Waals surface area contributed by atoms with Crippen molar-refractivity contribution in [2.24, 2.45) is 0 Å². The molecule has 1 saturated heterocycles. The second-order valence-electron chi connectivity index (χ2n) is 7.85. The molecule has 2 atom stereocenters. The van der Waals surface area contributed by atoms with Crippen molar-refractivity contribution in [3.05, 3.63) is 82.3 Å². The number of aliphatic carboxylic acids is 1. The molecule has 3 aromatic rings. The van der Waals surface area contributed by atoms with E-state index in [1.807, 2.05) is 30.3 Å². The van der Waals surface area contributed by atoms with E-state index in [1.54, 1.807) is 14.2 Å². The zero-order valence-electron chi connectivity index (χ0n) is 18.1. The van der Waals surface area contributed by atoms with Crippen LogP contribution in [0.25, 0.3) is 11.1 Å². The molecule has 1 heterocycles. The SMILES string of the molecule is COc1cc(Br)c(C(c2ccc(-c3ccccc3)cc2)N2CCCC2C(=O)O)cc1OC. The monoisotopic (exact) mass is 495 g/mol. The highest BCUT2D eigenvalue weighted by molar-refractivity contribution is 9.10. The maximum atomic E-state index is 12.0. The van der Waals surface area contributed by atoms with Gasteiger partial charge in [-0.25, -0.2) is 0 Å². The first-order chi connectivity index (χ1) is 15.5. The van der Waals surface area contributed by atoms with Gasteiger partial charge < -0.3 is 14.6 Å². The predicted molar refractivity (Wildman–Crippen MR) is 128 cm³/mol. The molecule has 3 aromatic carbocycles. The van der Waals surface area contributed by atoms with Crippen LogP contribution in [0.2, 0.25) is 0 Å². The van der Waals surface area contributed by atoms with E-state index in [0.717, 1.165) is 33.1 Å². The average molecular weight is 496 g/mol. The number of carboxylic acid groups (broad SMARTS) is 1. The summed E-state index contributed by atoms with van der Waals surface area (Å²) in [6.07, 6.45) is 1.49. The van der Waals surface area contributed by atoms with Gasteiger partial charge in [0, 0.05) is 11.0 Å². The summed E-state index contributed by atoms with van der Waals surface area (Å²) in [4.78, 5) is 14.1. The maximum absolute atomic E-state index is 12.0. The van der Waals surface area contributed by atoms with E-state index in [9.17, 15) is 9.90 Å². The number of methoxy groups -OCH3 is 2. The Bertz CT molecular complexity index is 1080. The lowest BCUT2D eigenvalue weighted by atomic mass is 9.94. The molecule has 0 saturated carbocycles. The molecule has 0 aliphatic carbocycles.